The van der Waals surface area contributed by atoms with Gasteiger partial charge in [-0.25, -0.2) is 4.79 Å². The van der Waals surface area contributed by atoms with Crippen molar-refractivity contribution in [1.29, 1.82) is 0 Å². The van der Waals surface area contributed by atoms with Crippen molar-refractivity contribution < 1.29 is 28.6 Å². The van der Waals surface area contributed by atoms with Crippen LogP contribution < -0.4 is 5.32 Å². The number of hydrogen-bond acceptors (Lipinski definition) is 6. The van der Waals surface area contributed by atoms with Crippen molar-refractivity contribution in [2.45, 2.75) is 31.4 Å². The minimum absolute atomic E-state index is 0.140. The Morgan fingerprint density at radius 1 is 1.35 bits per heavy atom. The van der Waals surface area contributed by atoms with Crippen LogP contribution in [-0.4, -0.2) is 48.9 Å². The lowest BCUT2D eigenvalue weighted by molar-refractivity contribution is -0.148. The topological polar surface area (TPSA) is 98.0 Å². The van der Waals surface area contributed by atoms with Gasteiger partial charge in [0.15, 0.2) is 0 Å². The van der Waals surface area contributed by atoms with Crippen LogP contribution in [-0.2, 0) is 25.5 Å². The summed E-state index contributed by atoms with van der Waals surface area (Å²) < 4.78 is 16.5. The van der Waals surface area contributed by atoms with Crippen molar-refractivity contribution in [2.75, 3.05) is 19.8 Å². The second kappa shape index (κ2) is 8.98. The standard InChI is InChI=1S/C18H21NO6S/c20-17(19-13-10-23-8-7-14(13)24-11-18(21)22)6-4-12-3-5-15(25-12)16-2-1-9-26-16/h1-3,5,9,13-14H,4,6-8,10-11H2,(H,19,20)(H,21,22)/t13-,14+/m1/s1. The van der Waals surface area contributed by atoms with Gasteiger partial charge in [0, 0.05) is 19.4 Å². The predicted molar refractivity (Wildman–Crippen MR) is 95.1 cm³/mol. The fraction of sp³-hybridized carbons (Fsp3) is 0.444. The van der Waals surface area contributed by atoms with E-state index in [1.807, 2.05) is 29.6 Å². The molecule has 8 heteroatoms. The first-order chi connectivity index (χ1) is 12.6. The van der Waals surface area contributed by atoms with E-state index in [0.29, 0.717) is 26.1 Å². The van der Waals surface area contributed by atoms with Gasteiger partial charge < -0.3 is 24.3 Å². The summed E-state index contributed by atoms with van der Waals surface area (Å²) >= 11 is 1.60. The van der Waals surface area contributed by atoms with E-state index in [4.69, 9.17) is 19.0 Å². The number of furan rings is 1. The maximum atomic E-state index is 12.2. The molecule has 0 radical (unpaired) electrons. The Kier molecular flexibility index (Phi) is 6.43. The fourth-order valence-corrected chi connectivity index (χ4v) is 3.50. The summed E-state index contributed by atoms with van der Waals surface area (Å²) in [5.41, 5.74) is 0. The van der Waals surface area contributed by atoms with Gasteiger partial charge in [-0.05, 0) is 30.0 Å². The van der Waals surface area contributed by atoms with Gasteiger partial charge in [-0.2, -0.15) is 0 Å². The van der Waals surface area contributed by atoms with Crippen LogP contribution in [0.15, 0.2) is 34.1 Å². The average Bonchev–Trinajstić information content (AvgIpc) is 3.30. The fourth-order valence-electron chi connectivity index (χ4n) is 2.81. The van der Waals surface area contributed by atoms with E-state index < -0.39 is 5.97 Å². The Morgan fingerprint density at radius 2 is 2.23 bits per heavy atom. The molecule has 0 spiro atoms. The molecule has 2 N–H and O–H groups in total. The number of carboxylic acid groups (broad SMARTS) is 1. The zero-order valence-corrected chi connectivity index (χ0v) is 15.0. The average molecular weight is 379 g/mol. The van der Waals surface area contributed by atoms with Gasteiger partial charge in [-0.1, -0.05) is 6.07 Å². The Labute approximate surface area is 154 Å². The zero-order valence-electron chi connectivity index (χ0n) is 14.2. The maximum absolute atomic E-state index is 12.2. The molecule has 3 heterocycles. The van der Waals surface area contributed by atoms with Gasteiger partial charge in [0.05, 0.1) is 23.6 Å². The number of carboxylic acids is 1. The third kappa shape index (κ3) is 5.17. The molecule has 1 amide bonds. The van der Waals surface area contributed by atoms with Crippen molar-refractivity contribution in [1.82, 2.24) is 5.32 Å². The van der Waals surface area contributed by atoms with Crippen LogP contribution in [0.25, 0.3) is 10.6 Å². The largest absolute Gasteiger partial charge is 0.480 e. The highest BCUT2D eigenvalue weighted by atomic mass is 32.1. The van der Waals surface area contributed by atoms with Gasteiger partial charge in [0.1, 0.15) is 18.1 Å². The van der Waals surface area contributed by atoms with E-state index in [9.17, 15) is 9.59 Å². The first kappa shape index (κ1) is 18.6. The number of rotatable bonds is 8. The van der Waals surface area contributed by atoms with E-state index in [1.54, 1.807) is 11.3 Å². The van der Waals surface area contributed by atoms with E-state index >= 15 is 0 Å². The smallest absolute Gasteiger partial charge is 0.329 e. The Balaban J connectivity index is 1.47. The molecule has 0 unspecified atom stereocenters. The lowest BCUT2D eigenvalue weighted by atomic mass is 10.1. The minimum atomic E-state index is -1.03. The summed E-state index contributed by atoms with van der Waals surface area (Å²) in [4.78, 5) is 23.9. The molecular formula is C18H21NO6S. The van der Waals surface area contributed by atoms with Crippen LogP contribution >= 0.6 is 11.3 Å². The highest BCUT2D eigenvalue weighted by Gasteiger charge is 2.28. The molecule has 2 aromatic heterocycles. The Morgan fingerprint density at radius 3 is 3.00 bits per heavy atom. The van der Waals surface area contributed by atoms with Crippen molar-refractivity contribution in [3.8, 4) is 10.6 Å². The molecule has 7 nitrogen and oxygen atoms in total. The van der Waals surface area contributed by atoms with Crippen molar-refractivity contribution in [2.24, 2.45) is 0 Å². The molecule has 2 atom stereocenters. The molecule has 2 aromatic rings. The molecule has 1 fully saturated rings. The number of carbonyl (C=O) groups excluding carboxylic acids is 1. The number of aliphatic carboxylic acids is 1. The second-order valence-electron chi connectivity index (χ2n) is 6.02. The summed E-state index contributed by atoms with van der Waals surface area (Å²) in [7, 11) is 0. The van der Waals surface area contributed by atoms with Gasteiger partial charge in [-0.3, -0.25) is 4.79 Å². The third-order valence-electron chi connectivity index (χ3n) is 4.08. The first-order valence-corrected chi connectivity index (χ1v) is 9.33. The van der Waals surface area contributed by atoms with Crippen LogP contribution in [0.4, 0.5) is 0 Å². The third-order valence-corrected chi connectivity index (χ3v) is 4.97. The molecule has 1 aliphatic heterocycles. The Bertz CT molecular complexity index is 726. The summed E-state index contributed by atoms with van der Waals surface area (Å²) in [5, 5.41) is 13.6. The van der Waals surface area contributed by atoms with Gasteiger partial charge >= 0.3 is 5.97 Å². The lowest BCUT2D eigenvalue weighted by Crippen LogP contribution is -2.51. The quantitative estimate of drug-likeness (QED) is 0.730. The predicted octanol–water partition coefficient (Wildman–Crippen LogP) is 2.32. The van der Waals surface area contributed by atoms with Crippen LogP contribution in [0.2, 0.25) is 0 Å². The lowest BCUT2D eigenvalue weighted by Gasteiger charge is -2.31. The summed E-state index contributed by atoms with van der Waals surface area (Å²) in [6, 6.07) is 7.40. The van der Waals surface area contributed by atoms with Crippen LogP contribution in [0.3, 0.4) is 0 Å². The van der Waals surface area contributed by atoms with E-state index in [2.05, 4.69) is 5.32 Å². The normalized spacial score (nSPS) is 20.0. The van der Waals surface area contributed by atoms with Gasteiger partial charge in [0.25, 0.3) is 0 Å². The van der Waals surface area contributed by atoms with E-state index in [1.165, 1.54) is 0 Å². The molecule has 0 aromatic carbocycles. The molecule has 3 rings (SSSR count). The Hall–Kier alpha value is -2.16. The second-order valence-corrected chi connectivity index (χ2v) is 6.97. The van der Waals surface area contributed by atoms with Crippen molar-refractivity contribution >= 4 is 23.2 Å². The van der Waals surface area contributed by atoms with E-state index in [0.717, 1.165) is 16.4 Å². The van der Waals surface area contributed by atoms with Crippen molar-refractivity contribution in [3.05, 3.63) is 35.4 Å². The highest BCUT2D eigenvalue weighted by Crippen LogP contribution is 2.26. The van der Waals surface area contributed by atoms with Gasteiger partial charge in [0.2, 0.25) is 5.91 Å². The number of thiophene rings is 1. The molecule has 0 aliphatic carbocycles. The molecular weight excluding hydrogens is 358 g/mol. The molecule has 1 saturated heterocycles. The summed E-state index contributed by atoms with van der Waals surface area (Å²) in [6.45, 7) is 0.433. The molecule has 0 saturated carbocycles. The monoisotopic (exact) mass is 379 g/mol. The molecule has 1 aliphatic rings. The number of aryl methyl sites for hydroxylation is 1. The summed E-state index contributed by atoms with van der Waals surface area (Å²) in [5.74, 6) is 0.389. The number of ether oxygens (including phenoxy) is 2. The number of nitrogens with one attached hydrogen (secondary N) is 1. The minimum Gasteiger partial charge on any atom is -0.480 e. The SMILES string of the molecule is O=C(O)CO[C@H]1CCOC[C@H]1NC(=O)CCc1ccc(-c2cccs2)o1. The van der Waals surface area contributed by atoms with Crippen LogP contribution in [0.1, 0.15) is 18.6 Å². The number of hydrogen-bond donors (Lipinski definition) is 2. The van der Waals surface area contributed by atoms with E-state index in [-0.39, 0.29) is 31.1 Å². The van der Waals surface area contributed by atoms with Crippen molar-refractivity contribution in [3.63, 3.8) is 0 Å². The van der Waals surface area contributed by atoms with Crippen LogP contribution in [0, 0.1) is 0 Å². The highest BCUT2D eigenvalue weighted by molar-refractivity contribution is 7.13. The van der Waals surface area contributed by atoms with Crippen LogP contribution in [0.5, 0.6) is 0 Å². The first-order valence-electron chi connectivity index (χ1n) is 8.45. The molecule has 26 heavy (non-hydrogen) atoms. The molecule has 0 bridgehead atoms. The summed E-state index contributed by atoms with van der Waals surface area (Å²) in [6.07, 6.45) is 0.976. The maximum Gasteiger partial charge on any atom is 0.329 e. The zero-order chi connectivity index (χ0) is 18.4. The number of carbonyl (C=O) groups is 2. The number of amides is 1. The molecule has 140 valence electrons. The van der Waals surface area contributed by atoms with Gasteiger partial charge in [-0.15, -0.1) is 11.3 Å².